The number of hydrogen-bond acceptors (Lipinski definition) is 4. The minimum atomic E-state index is -0.512. The molecule has 0 saturated heterocycles. The van der Waals surface area contributed by atoms with Crippen molar-refractivity contribution in [2.45, 2.75) is 6.61 Å². The van der Waals surface area contributed by atoms with Crippen molar-refractivity contribution in [2.75, 3.05) is 0 Å². The quantitative estimate of drug-likeness (QED) is 0.548. The third-order valence-corrected chi connectivity index (χ3v) is 1.94. The van der Waals surface area contributed by atoms with E-state index in [1.165, 1.54) is 12.4 Å². The number of nitro benzene ring substituents is 1. The van der Waals surface area contributed by atoms with E-state index in [-0.39, 0.29) is 12.3 Å². The van der Waals surface area contributed by atoms with Crippen molar-refractivity contribution < 1.29 is 10.0 Å². The molecule has 0 bridgehead atoms. The van der Waals surface area contributed by atoms with Crippen LogP contribution in [0, 0.1) is 10.1 Å². The second kappa shape index (κ2) is 3.08. The molecule has 0 radical (unpaired) electrons. The molecule has 0 aliphatic rings. The highest BCUT2D eigenvalue weighted by Gasteiger charge is 2.15. The summed E-state index contributed by atoms with van der Waals surface area (Å²) in [7, 11) is 0. The van der Waals surface area contributed by atoms with Gasteiger partial charge in [-0.1, -0.05) is 0 Å². The Morgan fingerprint density at radius 3 is 3.00 bits per heavy atom. The molecule has 0 unspecified atom stereocenters. The Kier molecular flexibility index (Phi) is 1.90. The number of nitrogens with zero attached hydrogens (tertiary/aromatic N) is 2. The zero-order chi connectivity index (χ0) is 10.1. The lowest BCUT2D eigenvalue weighted by molar-refractivity contribution is -0.383. The van der Waals surface area contributed by atoms with Crippen LogP contribution in [0.15, 0.2) is 18.5 Å². The molecule has 72 valence electrons. The van der Waals surface area contributed by atoms with Gasteiger partial charge >= 0.3 is 0 Å². The van der Waals surface area contributed by atoms with E-state index in [1.54, 1.807) is 6.07 Å². The van der Waals surface area contributed by atoms with Crippen molar-refractivity contribution in [1.29, 1.82) is 0 Å². The SMILES string of the molecule is O=[N+]([O-])c1cc(CO)cc2[nH]cnc12. The number of benzene rings is 1. The Bertz CT molecular complexity index is 492. The number of aliphatic hydroxyl groups is 1. The number of aromatic nitrogens is 2. The maximum absolute atomic E-state index is 10.7. The molecule has 2 rings (SSSR count). The van der Waals surface area contributed by atoms with Crippen molar-refractivity contribution in [2.24, 2.45) is 0 Å². The summed E-state index contributed by atoms with van der Waals surface area (Å²) in [4.78, 5) is 16.7. The van der Waals surface area contributed by atoms with Gasteiger partial charge in [0, 0.05) is 6.07 Å². The summed E-state index contributed by atoms with van der Waals surface area (Å²) in [6.07, 6.45) is 1.39. The van der Waals surface area contributed by atoms with E-state index >= 15 is 0 Å². The van der Waals surface area contributed by atoms with E-state index in [0.29, 0.717) is 16.6 Å². The smallest absolute Gasteiger partial charge is 0.297 e. The number of imidazole rings is 1. The number of aromatic amines is 1. The first-order valence-corrected chi connectivity index (χ1v) is 3.93. The molecule has 0 atom stereocenters. The first kappa shape index (κ1) is 8.64. The first-order chi connectivity index (χ1) is 6.72. The lowest BCUT2D eigenvalue weighted by Gasteiger charge is -1.97. The summed E-state index contributed by atoms with van der Waals surface area (Å²) in [5, 5.41) is 19.5. The Balaban J connectivity index is 2.76. The second-order valence-corrected chi connectivity index (χ2v) is 2.83. The number of nitrogens with one attached hydrogen (secondary N) is 1. The highest BCUT2D eigenvalue weighted by molar-refractivity contribution is 5.84. The number of hydrogen-bond donors (Lipinski definition) is 2. The third-order valence-electron chi connectivity index (χ3n) is 1.94. The van der Waals surface area contributed by atoms with Crippen molar-refractivity contribution in [1.82, 2.24) is 9.97 Å². The van der Waals surface area contributed by atoms with Crippen molar-refractivity contribution >= 4 is 16.7 Å². The van der Waals surface area contributed by atoms with Crippen molar-refractivity contribution in [3.05, 3.63) is 34.1 Å². The van der Waals surface area contributed by atoms with Gasteiger partial charge in [-0.25, -0.2) is 4.98 Å². The van der Waals surface area contributed by atoms with Crippen LogP contribution in [0.2, 0.25) is 0 Å². The predicted molar refractivity (Wildman–Crippen MR) is 48.7 cm³/mol. The Morgan fingerprint density at radius 1 is 1.57 bits per heavy atom. The predicted octanol–water partition coefficient (Wildman–Crippen LogP) is 0.963. The normalized spacial score (nSPS) is 10.6. The minimum absolute atomic E-state index is 0.0900. The molecule has 0 amide bonds. The monoisotopic (exact) mass is 193 g/mol. The van der Waals surface area contributed by atoms with Gasteiger partial charge in [-0.3, -0.25) is 10.1 Å². The summed E-state index contributed by atoms with van der Waals surface area (Å²) in [5.74, 6) is 0. The summed E-state index contributed by atoms with van der Waals surface area (Å²) in [6.45, 7) is -0.226. The first-order valence-electron chi connectivity index (χ1n) is 3.93. The molecule has 14 heavy (non-hydrogen) atoms. The molecule has 1 heterocycles. The lowest BCUT2D eigenvalue weighted by Crippen LogP contribution is -1.92. The van der Waals surface area contributed by atoms with Crippen molar-refractivity contribution in [3.63, 3.8) is 0 Å². The van der Waals surface area contributed by atoms with Gasteiger partial charge in [0.25, 0.3) is 5.69 Å². The topological polar surface area (TPSA) is 92.0 Å². The van der Waals surface area contributed by atoms with Crippen molar-refractivity contribution in [3.8, 4) is 0 Å². The average molecular weight is 193 g/mol. The van der Waals surface area contributed by atoms with Gasteiger partial charge in [0.1, 0.15) is 0 Å². The number of aliphatic hydroxyl groups excluding tert-OH is 1. The highest BCUT2D eigenvalue weighted by atomic mass is 16.6. The van der Waals surface area contributed by atoms with Crippen LogP contribution in [0.3, 0.4) is 0 Å². The maximum atomic E-state index is 10.7. The van der Waals surface area contributed by atoms with Gasteiger partial charge in [0.2, 0.25) is 0 Å². The molecular formula is C8H7N3O3. The largest absolute Gasteiger partial charge is 0.392 e. The molecule has 6 nitrogen and oxygen atoms in total. The Morgan fingerprint density at radius 2 is 2.36 bits per heavy atom. The average Bonchev–Trinajstić information content (AvgIpc) is 2.63. The molecule has 0 fully saturated rings. The molecule has 2 N–H and O–H groups in total. The summed E-state index contributed by atoms with van der Waals surface area (Å²) < 4.78 is 0. The number of H-pyrrole nitrogens is 1. The van der Waals surface area contributed by atoms with Gasteiger partial charge in [0.15, 0.2) is 5.52 Å². The van der Waals surface area contributed by atoms with E-state index in [4.69, 9.17) is 5.11 Å². The molecule has 1 aromatic carbocycles. The Labute approximate surface area is 78.4 Å². The molecule has 2 aromatic rings. The van der Waals surface area contributed by atoms with E-state index in [2.05, 4.69) is 9.97 Å². The fraction of sp³-hybridized carbons (Fsp3) is 0.125. The number of rotatable bonds is 2. The van der Waals surface area contributed by atoms with Crippen LogP contribution in [0.5, 0.6) is 0 Å². The summed E-state index contributed by atoms with van der Waals surface area (Å²) in [5.41, 5.74) is 1.27. The van der Waals surface area contributed by atoms with Gasteiger partial charge in [0.05, 0.1) is 23.4 Å². The molecule has 0 aliphatic heterocycles. The second-order valence-electron chi connectivity index (χ2n) is 2.83. The number of non-ortho nitro benzene ring substituents is 1. The van der Waals surface area contributed by atoms with Gasteiger partial charge in [-0.15, -0.1) is 0 Å². The fourth-order valence-electron chi connectivity index (χ4n) is 1.32. The van der Waals surface area contributed by atoms with Gasteiger partial charge in [-0.2, -0.15) is 0 Å². The minimum Gasteiger partial charge on any atom is -0.392 e. The fourth-order valence-corrected chi connectivity index (χ4v) is 1.32. The third kappa shape index (κ3) is 1.21. The number of fused-ring (bicyclic) bond motifs is 1. The van der Waals surface area contributed by atoms with Crippen LogP contribution in [-0.4, -0.2) is 20.0 Å². The van der Waals surface area contributed by atoms with E-state index in [9.17, 15) is 10.1 Å². The zero-order valence-electron chi connectivity index (χ0n) is 7.10. The van der Waals surface area contributed by atoms with Gasteiger partial charge < -0.3 is 10.1 Å². The highest BCUT2D eigenvalue weighted by Crippen LogP contribution is 2.24. The Hall–Kier alpha value is -1.95. The molecule has 1 aromatic heterocycles. The van der Waals surface area contributed by atoms with Crippen LogP contribution < -0.4 is 0 Å². The zero-order valence-corrected chi connectivity index (χ0v) is 7.10. The molecule has 0 spiro atoms. The van der Waals surface area contributed by atoms with Crippen LogP contribution in [-0.2, 0) is 6.61 Å². The standard InChI is InChI=1S/C8H7N3O3/c12-3-5-1-6-8(10-4-9-6)7(2-5)11(13)14/h1-2,4,12H,3H2,(H,9,10). The summed E-state index contributed by atoms with van der Waals surface area (Å²) in [6, 6.07) is 2.96. The van der Waals surface area contributed by atoms with Crippen LogP contribution >= 0.6 is 0 Å². The summed E-state index contributed by atoms with van der Waals surface area (Å²) >= 11 is 0. The molecular weight excluding hydrogens is 186 g/mol. The molecule has 0 saturated carbocycles. The number of nitro groups is 1. The molecule has 0 aliphatic carbocycles. The van der Waals surface area contributed by atoms with Crippen LogP contribution in [0.25, 0.3) is 11.0 Å². The van der Waals surface area contributed by atoms with Gasteiger partial charge in [-0.05, 0) is 11.6 Å². The molecule has 6 heteroatoms. The van der Waals surface area contributed by atoms with E-state index < -0.39 is 4.92 Å². The lowest BCUT2D eigenvalue weighted by atomic mass is 10.2. The van der Waals surface area contributed by atoms with E-state index in [1.807, 2.05) is 0 Å². The van der Waals surface area contributed by atoms with E-state index in [0.717, 1.165) is 0 Å². The van der Waals surface area contributed by atoms with Crippen LogP contribution in [0.4, 0.5) is 5.69 Å². The maximum Gasteiger partial charge on any atom is 0.297 e. The van der Waals surface area contributed by atoms with Crippen LogP contribution in [0.1, 0.15) is 5.56 Å².